The van der Waals surface area contributed by atoms with Gasteiger partial charge in [-0.15, -0.1) is 0 Å². The maximum absolute atomic E-state index is 9.15. The molecule has 1 aromatic heterocycles. The van der Waals surface area contributed by atoms with E-state index in [9.17, 15) is 0 Å². The zero-order chi connectivity index (χ0) is 12.1. The Morgan fingerprint density at radius 2 is 2.00 bits per heavy atom. The topological polar surface area (TPSA) is 50.1 Å². The number of aromatic nitrogens is 2. The van der Waals surface area contributed by atoms with E-state index in [1.165, 1.54) is 11.1 Å². The van der Waals surface area contributed by atoms with E-state index in [1.807, 2.05) is 31.6 Å². The molecule has 0 radical (unpaired) electrons. The molecule has 4 nitrogen and oxygen atoms in total. The largest absolute Gasteiger partial charge is 0.508 e. The first kappa shape index (κ1) is 11.7. The third kappa shape index (κ3) is 3.60. The molecule has 0 atom stereocenters. The van der Waals surface area contributed by atoms with Crippen LogP contribution in [0.15, 0.2) is 36.7 Å². The van der Waals surface area contributed by atoms with Gasteiger partial charge in [-0.05, 0) is 30.7 Å². The number of aromatic hydroxyl groups is 1. The molecule has 0 spiro atoms. The highest BCUT2D eigenvalue weighted by Crippen LogP contribution is 2.09. The highest BCUT2D eigenvalue weighted by molar-refractivity contribution is 5.25. The first-order chi connectivity index (χ1) is 8.24. The Balaban J connectivity index is 1.71. The molecule has 1 aromatic carbocycles. The molecule has 0 unspecified atom stereocenters. The summed E-state index contributed by atoms with van der Waals surface area (Å²) in [6, 6.07) is 7.33. The van der Waals surface area contributed by atoms with Gasteiger partial charge >= 0.3 is 0 Å². The van der Waals surface area contributed by atoms with Crippen LogP contribution in [-0.2, 0) is 20.0 Å². The van der Waals surface area contributed by atoms with Gasteiger partial charge in [-0.3, -0.25) is 4.68 Å². The summed E-state index contributed by atoms with van der Waals surface area (Å²) >= 11 is 0. The zero-order valence-corrected chi connectivity index (χ0v) is 9.93. The lowest BCUT2D eigenvalue weighted by Gasteiger charge is -2.03. The molecule has 90 valence electrons. The summed E-state index contributed by atoms with van der Waals surface area (Å²) in [6.07, 6.45) is 4.83. The predicted octanol–water partition coefficient (Wildman–Crippen LogP) is 1.46. The number of phenols is 1. The summed E-state index contributed by atoms with van der Waals surface area (Å²) in [4.78, 5) is 0. The molecule has 0 saturated heterocycles. The molecular formula is C13H17N3O. The minimum atomic E-state index is 0.317. The van der Waals surface area contributed by atoms with Crippen molar-refractivity contribution in [3.8, 4) is 5.75 Å². The fourth-order valence-electron chi connectivity index (χ4n) is 1.69. The van der Waals surface area contributed by atoms with Crippen LogP contribution in [0.2, 0.25) is 0 Å². The Kier molecular flexibility index (Phi) is 3.77. The Labute approximate surface area is 101 Å². The normalized spacial score (nSPS) is 10.6. The zero-order valence-electron chi connectivity index (χ0n) is 9.93. The van der Waals surface area contributed by atoms with Crippen LogP contribution in [-0.4, -0.2) is 21.4 Å². The number of nitrogens with one attached hydrogen (secondary N) is 1. The third-order valence-electron chi connectivity index (χ3n) is 2.61. The quantitative estimate of drug-likeness (QED) is 0.766. The molecule has 4 heteroatoms. The van der Waals surface area contributed by atoms with Gasteiger partial charge in [-0.25, -0.2) is 0 Å². The van der Waals surface area contributed by atoms with Gasteiger partial charge in [0.05, 0.1) is 6.20 Å². The molecule has 0 aliphatic rings. The first-order valence-electron chi connectivity index (χ1n) is 5.70. The molecule has 0 aliphatic heterocycles. The summed E-state index contributed by atoms with van der Waals surface area (Å²) < 4.78 is 1.80. The number of hydrogen-bond acceptors (Lipinski definition) is 3. The van der Waals surface area contributed by atoms with Crippen LogP contribution < -0.4 is 5.32 Å². The SMILES string of the molecule is Cn1cc(CNCCc2ccc(O)cc2)cn1. The van der Waals surface area contributed by atoms with E-state index < -0.39 is 0 Å². The molecular weight excluding hydrogens is 214 g/mol. The molecule has 2 N–H and O–H groups in total. The Morgan fingerprint density at radius 3 is 2.65 bits per heavy atom. The Morgan fingerprint density at radius 1 is 1.24 bits per heavy atom. The van der Waals surface area contributed by atoms with Crippen molar-refractivity contribution in [1.82, 2.24) is 15.1 Å². The summed E-state index contributed by atoms with van der Waals surface area (Å²) in [5.74, 6) is 0.317. The monoisotopic (exact) mass is 231 g/mol. The van der Waals surface area contributed by atoms with E-state index in [-0.39, 0.29) is 0 Å². The average molecular weight is 231 g/mol. The lowest BCUT2D eigenvalue weighted by molar-refractivity contribution is 0.475. The minimum absolute atomic E-state index is 0.317. The predicted molar refractivity (Wildman–Crippen MR) is 66.7 cm³/mol. The third-order valence-corrected chi connectivity index (χ3v) is 2.61. The van der Waals surface area contributed by atoms with Crippen molar-refractivity contribution in [2.45, 2.75) is 13.0 Å². The van der Waals surface area contributed by atoms with Gasteiger partial charge in [0.25, 0.3) is 0 Å². The van der Waals surface area contributed by atoms with Crippen LogP contribution in [0.4, 0.5) is 0 Å². The number of phenolic OH excluding ortho intramolecular Hbond substituents is 1. The van der Waals surface area contributed by atoms with E-state index in [0.717, 1.165) is 19.5 Å². The van der Waals surface area contributed by atoms with Gasteiger partial charge in [0, 0.05) is 25.4 Å². The lowest BCUT2D eigenvalue weighted by Crippen LogP contribution is -2.16. The van der Waals surface area contributed by atoms with Gasteiger partial charge in [0.2, 0.25) is 0 Å². The van der Waals surface area contributed by atoms with Crippen LogP contribution in [0.1, 0.15) is 11.1 Å². The maximum atomic E-state index is 9.15. The van der Waals surface area contributed by atoms with Crippen LogP contribution in [0, 0.1) is 0 Å². The van der Waals surface area contributed by atoms with Crippen LogP contribution >= 0.6 is 0 Å². The maximum Gasteiger partial charge on any atom is 0.115 e. The van der Waals surface area contributed by atoms with E-state index in [0.29, 0.717) is 5.75 Å². The molecule has 0 saturated carbocycles. The van der Waals surface area contributed by atoms with Gasteiger partial charge in [0.15, 0.2) is 0 Å². The standard InChI is InChI=1S/C13H17N3O/c1-16-10-12(9-15-16)8-14-7-6-11-2-4-13(17)5-3-11/h2-5,9-10,14,17H,6-8H2,1H3. The first-order valence-corrected chi connectivity index (χ1v) is 5.70. The van der Waals surface area contributed by atoms with E-state index >= 15 is 0 Å². The van der Waals surface area contributed by atoms with Crippen LogP contribution in [0.3, 0.4) is 0 Å². The van der Waals surface area contributed by atoms with Gasteiger partial charge in [0.1, 0.15) is 5.75 Å². The summed E-state index contributed by atoms with van der Waals surface area (Å²) in [5.41, 5.74) is 2.42. The van der Waals surface area contributed by atoms with E-state index in [1.54, 1.807) is 16.8 Å². The number of hydrogen-bond donors (Lipinski definition) is 2. The van der Waals surface area contributed by atoms with Crippen molar-refractivity contribution in [3.63, 3.8) is 0 Å². The molecule has 0 bridgehead atoms. The lowest BCUT2D eigenvalue weighted by atomic mass is 10.1. The fraction of sp³-hybridized carbons (Fsp3) is 0.308. The van der Waals surface area contributed by atoms with Crippen LogP contribution in [0.5, 0.6) is 5.75 Å². The molecule has 0 fully saturated rings. The minimum Gasteiger partial charge on any atom is -0.508 e. The number of benzene rings is 1. The molecule has 0 amide bonds. The molecule has 17 heavy (non-hydrogen) atoms. The summed E-state index contributed by atoms with van der Waals surface area (Å²) in [5, 5.41) is 16.6. The van der Waals surface area contributed by atoms with E-state index in [2.05, 4.69) is 10.4 Å². The second-order valence-electron chi connectivity index (χ2n) is 4.12. The summed E-state index contributed by atoms with van der Waals surface area (Å²) in [7, 11) is 1.92. The highest BCUT2D eigenvalue weighted by atomic mass is 16.3. The van der Waals surface area contributed by atoms with Gasteiger partial charge in [-0.1, -0.05) is 12.1 Å². The molecule has 0 aliphatic carbocycles. The second-order valence-corrected chi connectivity index (χ2v) is 4.12. The number of aryl methyl sites for hydroxylation is 1. The van der Waals surface area contributed by atoms with Crippen molar-refractivity contribution in [3.05, 3.63) is 47.8 Å². The molecule has 1 heterocycles. The Hall–Kier alpha value is -1.81. The van der Waals surface area contributed by atoms with Crippen molar-refractivity contribution in [2.24, 2.45) is 7.05 Å². The van der Waals surface area contributed by atoms with E-state index in [4.69, 9.17) is 5.11 Å². The second kappa shape index (κ2) is 5.50. The average Bonchev–Trinajstić information content (AvgIpc) is 2.73. The smallest absolute Gasteiger partial charge is 0.115 e. The van der Waals surface area contributed by atoms with Crippen molar-refractivity contribution in [1.29, 1.82) is 0 Å². The molecule has 2 aromatic rings. The van der Waals surface area contributed by atoms with Crippen molar-refractivity contribution < 1.29 is 5.11 Å². The number of nitrogens with zero attached hydrogens (tertiary/aromatic N) is 2. The molecule has 2 rings (SSSR count). The van der Waals surface area contributed by atoms with Gasteiger partial charge in [-0.2, -0.15) is 5.10 Å². The summed E-state index contributed by atoms with van der Waals surface area (Å²) in [6.45, 7) is 1.76. The van der Waals surface area contributed by atoms with Crippen molar-refractivity contribution >= 4 is 0 Å². The fourth-order valence-corrected chi connectivity index (χ4v) is 1.69. The van der Waals surface area contributed by atoms with Gasteiger partial charge < -0.3 is 10.4 Å². The number of rotatable bonds is 5. The highest BCUT2D eigenvalue weighted by Gasteiger charge is 1.96. The van der Waals surface area contributed by atoms with Crippen molar-refractivity contribution in [2.75, 3.05) is 6.54 Å². The Bertz CT molecular complexity index is 462. The van der Waals surface area contributed by atoms with Crippen LogP contribution in [0.25, 0.3) is 0 Å².